The number of primary amides is 1. The molecule has 1 heterocycles. The third-order valence-electron chi connectivity index (χ3n) is 7.23. The number of fused-ring (bicyclic) bond motifs is 3. The molecule has 2 aromatic rings. The highest BCUT2D eigenvalue weighted by molar-refractivity contribution is 6.31. The third-order valence-corrected chi connectivity index (χ3v) is 7.45. The Kier molecular flexibility index (Phi) is 4.63. The number of aromatic amines is 1. The zero-order valence-electron chi connectivity index (χ0n) is 17.1. The van der Waals surface area contributed by atoms with E-state index in [4.69, 9.17) is 17.3 Å². The molecule has 170 valence electrons. The van der Waals surface area contributed by atoms with Crippen LogP contribution in [0.5, 0.6) is 5.75 Å². The second-order valence-corrected chi connectivity index (χ2v) is 9.35. The number of phenols is 1. The van der Waals surface area contributed by atoms with Crippen molar-refractivity contribution in [1.82, 2.24) is 4.98 Å². The van der Waals surface area contributed by atoms with Gasteiger partial charge >= 0.3 is 0 Å². The van der Waals surface area contributed by atoms with Gasteiger partial charge in [0.05, 0.1) is 11.5 Å². The lowest BCUT2D eigenvalue weighted by Crippen LogP contribution is -2.68. The third kappa shape index (κ3) is 2.85. The van der Waals surface area contributed by atoms with E-state index in [0.29, 0.717) is 22.0 Å². The summed E-state index contributed by atoms with van der Waals surface area (Å²) < 4.78 is 0. The standard InChI is InChI=1S/C23H19ClN2O7/c24-15-4-2-12(26-15)10-1-3-13(27)17-11(10)6-8-5-9-7-14(28)18(22(25)32)21(31)23(9,33)20(30)16(8)19(17)29/h1-4,8-9,16,18,26-27,33H,5-7H2,(H2,25,32)/t8-,9+,16?,18?,23+/m1/s1. The SMILES string of the molecule is NC(=O)C1C(=O)C[C@@H]2C[C@@H]3Cc4c(-c5ccc(Cl)[nH]5)ccc(O)c4C(=O)C3C(=O)[C@]2(O)C1=O. The molecule has 1 aromatic heterocycles. The first-order valence-electron chi connectivity index (χ1n) is 10.4. The number of hydrogen-bond donors (Lipinski definition) is 4. The largest absolute Gasteiger partial charge is 0.507 e. The van der Waals surface area contributed by atoms with Gasteiger partial charge in [-0.05, 0) is 48.6 Å². The zero-order chi connectivity index (χ0) is 23.8. The predicted octanol–water partition coefficient (Wildman–Crippen LogP) is 0.975. The number of hydrogen-bond acceptors (Lipinski definition) is 7. The molecule has 1 amide bonds. The van der Waals surface area contributed by atoms with E-state index < -0.39 is 58.3 Å². The number of phenolic OH excluding ortho intramolecular Hbond substituents is 1. The van der Waals surface area contributed by atoms with Gasteiger partial charge in [-0.15, -0.1) is 0 Å². The lowest BCUT2D eigenvalue weighted by atomic mass is 9.53. The number of aromatic hydroxyl groups is 1. The van der Waals surface area contributed by atoms with Gasteiger partial charge in [0.1, 0.15) is 10.9 Å². The minimum absolute atomic E-state index is 0.0433. The Balaban J connectivity index is 1.62. The van der Waals surface area contributed by atoms with E-state index in [2.05, 4.69) is 4.98 Å². The number of aromatic nitrogens is 1. The van der Waals surface area contributed by atoms with Crippen LogP contribution in [0, 0.1) is 23.7 Å². The molecule has 5 atom stereocenters. The summed E-state index contributed by atoms with van der Waals surface area (Å²) in [4.78, 5) is 66.9. The Morgan fingerprint density at radius 1 is 1.09 bits per heavy atom. The van der Waals surface area contributed by atoms with Gasteiger partial charge in [-0.25, -0.2) is 0 Å². The summed E-state index contributed by atoms with van der Waals surface area (Å²) in [6.07, 6.45) is -0.126. The fourth-order valence-corrected chi connectivity index (χ4v) is 5.91. The van der Waals surface area contributed by atoms with Crippen LogP contribution in [0.4, 0.5) is 0 Å². The predicted molar refractivity (Wildman–Crippen MR) is 113 cm³/mol. The maximum Gasteiger partial charge on any atom is 0.235 e. The number of carbonyl (C=O) groups is 5. The fourth-order valence-electron chi connectivity index (χ4n) is 5.75. The Bertz CT molecular complexity index is 1280. The molecular weight excluding hydrogens is 452 g/mol. The summed E-state index contributed by atoms with van der Waals surface area (Å²) in [5, 5.41) is 22.0. The van der Waals surface area contributed by atoms with Crippen molar-refractivity contribution in [2.45, 2.75) is 24.9 Å². The second-order valence-electron chi connectivity index (χ2n) is 8.95. The Morgan fingerprint density at radius 2 is 1.82 bits per heavy atom. The molecule has 0 bridgehead atoms. The molecule has 2 fully saturated rings. The van der Waals surface area contributed by atoms with Crippen molar-refractivity contribution in [2.75, 3.05) is 0 Å². The number of carbonyl (C=O) groups excluding carboxylic acids is 5. The molecule has 0 radical (unpaired) electrons. The second kappa shape index (κ2) is 7.10. The number of benzene rings is 1. The molecule has 5 N–H and O–H groups in total. The van der Waals surface area contributed by atoms with Crippen molar-refractivity contribution in [3.05, 3.63) is 40.5 Å². The maximum absolute atomic E-state index is 13.5. The lowest BCUT2D eigenvalue weighted by molar-refractivity contribution is -0.175. The number of rotatable bonds is 2. The maximum atomic E-state index is 13.5. The summed E-state index contributed by atoms with van der Waals surface area (Å²) in [6.45, 7) is 0. The first-order valence-corrected chi connectivity index (χ1v) is 10.8. The lowest BCUT2D eigenvalue weighted by Gasteiger charge is -2.48. The van der Waals surface area contributed by atoms with Crippen LogP contribution in [0.1, 0.15) is 28.8 Å². The van der Waals surface area contributed by atoms with Crippen LogP contribution >= 0.6 is 11.6 Å². The molecule has 3 aliphatic carbocycles. The average molecular weight is 471 g/mol. The van der Waals surface area contributed by atoms with Gasteiger partial charge < -0.3 is 20.9 Å². The first kappa shape index (κ1) is 21.5. The zero-order valence-corrected chi connectivity index (χ0v) is 17.9. The van der Waals surface area contributed by atoms with Crippen LogP contribution < -0.4 is 5.73 Å². The number of H-pyrrole nitrogens is 1. The van der Waals surface area contributed by atoms with Crippen LogP contribution in [0.3, 0.4) is 0 Å². The molecule has 2 saturated carbocycles. The Labute approximate surface area is 191 Å². The van der Waals surface area contributed by atoms with Crippen molar-refractivity contribution >= 4 is 40.6 Å². The number of nitrogens with one attached hydrogen (secondary N) is 1. The number of amides is 1. The minimum Gasteiger partial charge on any atom is -0.507 e. The van der Waals surface area contributed by atoms with Crippen molar-refractivity contribution < 1.29 is 34.2 Å². The van der Waals surface area contributed by atoms with Gasteiger partial charge in [-0.1, -0.05) is 11.6 Å². The molecule has 33 heavy (non-hydrogen) atoms. The Hall–Kier alpha value is -3.30. The topological polar surface area (TPSA) is 168 Å². The molecule has 0 aliphatic heterocycles. The van der Waals surface area contributed by atoms with Crippen LogP contribution in [-0.2, 0) is 25.6 Å². The van der Waals surface area contributed by atoms with Crippen LogP contribution in [0.25, 0.3) is 11.3 Å². The highest BCUT2D eigenvalue weighted by atomic mass is 35.5. The fraction of sp³-hybridized carbons (Fsp3) is 0.348. The molecule has 0 spiro atoms. The number of nitrogens with two attached hydrogens (primary N) is 1. The quantitative estimate of drug-likeness (QED) is 0.474. The van der Waals surface area contributed by atoms with Gasteiger partial charge in [0.25, 0.3) is 0 Å². The number of aliphatic hydroxyl groups is 1. The summed E-state index contributed by atoms with van der Waals surface area (Å²) in [5.41, 5.74) is 4.23. The van der Waals surface area contributed by atoms with Gasteiger partial charge in [-0.3, -0.25) is 24.0 Å². The van der Waals surface area contributed by atoms with Gasteiger partial charge in [-0.2, -0.15) is 0 Å². The molecule has 3 aliphatic rings. The molecule has 0 saturated heterocycles. The van der Waals surface area contributed by atoms with Gasteiger partial charge in [0.15, 0.2) is 34.7 Å². The Morgan fingerprint density at radius 3 is 2.45 bits per heavy atom. The molecule has 1 aromatic carbocycles. The van der Waals surface area contributed by atoms with E-state index in [-0.39, 0.29) is 30.6 Å². The summed E-state index contributed by atoms with van der Waals surface area (Å²) in [7, 11) is 0. The minimum atomic E-state index is -2.65. The molecule has 9 nitrogen and oxygen atoms in total. The van der Waals surface area contributed by atoms with E-state index in [1.807, 2.05) is 0 Å². The van der Waals surface area contributed by atoms with E-state index in [9.17, 15) is 34.2 Å². The van der Waals surface area contributed by atoms with Crippen LogP contribution in [0.15, 0.2) is 24.3 Å². The van der Waals surface area contributed by atoms with Crippen LogP contribution in [0.2, 0.25) is 5.15 Å². The van der Waals surface area contributed by atoms with E-state index in [1.165, 1.54) is 6.07 Å². The monoisotopic (exact) mass is 470 g/mol. The van der Waals surface area contributed by atoms with Crippen molar-refractivity contribution in [3.63, 3.8) is 0 Å². The average Bonchev–Trinajstić information content (AvgIpc) is 3.16. The summed E-state index contributed by atoms with van der Waals surface area (Å²) in [5.74, 6) is -10.3. The van der Waals surface area contributed by atoms with Crippen molar-refractivity contribution in [1.29, 1.82) is 0 Å². The summed E-state index contributed by atoms with van der Waals surface area (Å²) >= 11 is 6.00. The molecular formula is C23H19ClN2O7. The molecule has 10 heteroatoms. The number of ketones is 4. The smallest absolute Gasteiger partial charge is 0.235 e. The van der Waals surface area contributed by atoms with E-state index in [1.54, 1.807) is 18.2 Å². The highest BCUT2D eigenvalue weighted by Gasteiger charge is 2.66. The van der Waals surface area contributed by atoms with Crippen molar-refractivity contribution in [2.24, 2.45) is 29.4 Å². The number of halogens is 1. The van der Waals surface area contributed by atoms with E-state index >= 15 is 0 Å². The summed E-state index contributed by atoms with van der Waals surface area (Å²) in [6, 6.07) is 6.33. The normalized spacial score (nSPS) is 31.1. The molecule has 2 unspecified atom stereocenters. The molecule has 5 rings (SSSR count). The van der Waals surface area contributed by atoms with Crippen LogP contribution in [-0.4, -0.2) is 49.8 Å². The number of Topliss-reactive ketones (excluding diaryl/α,β-unsaturated/α-hetero) is 4. The first-order chi connectivity index (χ1) is 15.6. The van der Waals surface area contributed by atoms with Gasteiger partial charge in [0, 0.05) is 23.6 Å². The highest BCUT2D eigenvalue weighted by Crippen LogP contribution is 2.51. The van der Waals surface area contributed by atoms with Crippen molar-refractivity contribution in [3.8, 4) is 17.0 Å². The van der Waals surface area contributed by atoms with Gasteiger partial charge in [0.2, 0.25) is 5.91 Å². The van der Waals surface area contributed by atoms with E-state index in [0.717, 1.165) is 0 Å².